The molecule has 1 heterocycles. The zero-order valence-corrected chi connectivity index (χ0v) is 9.85. The van der Waals surface area contributed by atoms with E-state index < -0.39 is 18.0 Å². The molecule has 1 atom stereocenters. The molecule has 0 bridgehead atoms. The third-order valence-corrected chi connectivity index (χ3v) is 2.26. The summed E-state index contributed by atoms with van der Waals surface area (Å²) in [5.74, 6) is -0.655. The number of hydrogen-bond acceptors (Lipinski definition) is 6. The van der Waals surface area contributed by atoms with E-state index in [9.17, 15) is 14.7 Å². The lowest BCUT2D eigenvalue weighted by Gasteiger charge is -2.04. The Bertz CT molecular complexity index is 420. The van der Waals surface area contributed by atoms with Crippen LogP contribution in [0.15, 0.2) is 10.5 Å². The third kappa shape index (κ3) is 3.07. The van der Waals surface area contributed by atoms with Gasteiger partial charge >= 0.3 is 11.9 Å². The van der Waals surface area contributed by atoms with Crippen LogP contribution in [-0.4, -0.2) is 31.3 Å². The van der Waals surface area contributed by atoms with Gasteiger partial charge in [0.15, 0.2) is 0 Å². The van der Waals surface area contributed by atoms with Crippen molar-refractivity contribution in [3.63, 3.8) is 0 Å². The van der Waals surface area contributed by atoms with Gasteiger partial charge in [-0.05, 0) is 13.0 Å². The van der Waals surface area contributed by atoms with Gasteiger partial charge in [-0.2, -0.15) is 0 Å². The summed E-state index contributed by atoms with van der Waals surface area (Å²) in [6.45, 7) is 1.57. The van der Waals surface area contributed by atoms with Gasteiger partial charge in [-0.1, -0.05) is 0 Å². The monoisotopic (exact) mass is 242 g/mol. The Hall–Kier alpha value is -1.82. The minimum atomic E-state index is -1.14. The molecule has 0 fully saturated rings. The van der Waals surface area contributed by atoms with Crippen molar-refractivity contribution in [2.45, 2.75) is 19.4 Å². The molecule has 1 aromatic heterocycles. The van der Waals surface area contributed by atoms with E-state index in [0.29, 0.717) is 5.76 Å². The van der Waals surface area contributed by atoms with Gasteiger partial charge in [0, 0.05) is 0 Å². The van der Waals surface area contributed by atoms with Crippen LogP contribution >= 0.6 is 0 Å². The highest BCUT2D eigenvalue weighted by atomic mass is 16.5. The van der Waals surface area contributed by atoms with Crippen LogP contribution in [0.3, 0.4) is 0 Å². The van der Waals surface area contributed by atoms with Crippen molar-refractivity contribution in [1.29, 1.82) is 0 Å². The molecule has 0 amide bonds. The van der Waals surface area contributed by atoms with Gasteiger partial charge in [-0.3, -0.25) is 4.79 Å². The fraction of sp³-hybridized carbons (Fsp3) is 0.455. The molecular formula is C11H14O6. The molecule has 0 spiro atoms. The van der Waals surface area contributed by atoms with Crippen molar-refractivity contribution >= 4 is 11.9 Å². The summed E-state index contributed by atoms with van der Waals surface area (Å²) in [5.41, 5.74) is 0.228. The highest BCUT2D eigenvalue weighted by molar-refractivity contribution is 5.90. The summed E-state index contributed by atoms with van der Waals surface area (Å²) in [7, 11) is 2.47. The second-order valence-electron chi connectivity index (χ2n) is 3.41. The Morgan fingerprint density at radius 1 is 1.41 bits per heavy atom. The van der Waals surface area contributed by atoms with E-state index >= 15 is 0 Å². The number of ether oxygens (including phenoxy) is 2. The predicted octanol–water partition coefficient (Wildman–Crippen LogP) is 0.971. The number of aryl methyl sites for hydroxylation is 1. The average molecular weight is 242 g/mol. The van der Waals surface area contributed by atoms with Gasteiger partial charge in [0.2, 0.25) is 0 Å². The van der Waals surface area contributed by atoms with Crippen LogP contribution in [0.1, 0.15) is 34.4 Å². The smallest absolute Gasteiger partial charge is 0.341 e. The number of furan rings is 1. The first-order valence-electron chi connectivity index (χ1n) is 4.93. The van der Waals surface area contributed by atoms with E-state index in [4.69, 9.17) is 4.42 Å². The van der Waals surface area contributed by atoms with E-state index in [1.165, 1.54) is 20.3 Å². The molecule has 1 rings (SSSR count). The highest BCUT2D eigenvalue weighted by Crippen LogP contribution is 2.23. The standard InChI is InChI=1S/C11H14O6/c1-6-7(11(14)16-3)4-9(17-6)8(12)5-10(13)15-2/h4,8,12H,5H2,1-3H3/t8-/m1/s1. The van der Waals surface area contributed by atoms with E-state index in [-0.39, 0.29) is 17.7 Å². The van der Waals surface area contributed by atoms with Crippen LogP contribution in [0.5, 0.6) is 0 Å². The molecule has 0 saturated heterocycles. The number of aliphatic hydroxyl groups excluding tert-OH is 1. The van der Waals surface area contributed by atoms with Gasteiger partial charge in [0.05, 0.1) is 20.6 Å². The maximum Gasteiger partial charge on any atom is 0.341 e. The number of carbonyl (C=O) groups excluding carboxylic acids is 2. The average Bonchev–Trinajstić information content (AvgIpc) is 2.70. The van der Waals surface area contributed by atoms with E-state index in [2.05, 4.69) is 9.47 Å². The number of hydrogen-bond donors (Lipinski definition) is 1. The van der Waals surface area contributed by atoms with Crippen molar-refractivity contribution in [2.75, 3.05) is 14.2 Å². The zero-order chi connectivity index (χ0) is 13.0. The normalized spacial score (nSPS) is 12.0. The fourth-order valence-corrected chi connectivity index (χ4v) is 1.32. The predicted molar refractivity (Wildman–Crippen MR) is 56.4 cm³/mol. The SMILES string of the molecule is COC(=O)C[C@@H](O)c1cc(C(=O)OC)c(C)o1. The molecule has 0 unspecified atom stereocenters. The number of esters is 2. The lowest BCUT2D eigenvalue weighted by atomic mass is 10.1. The van der Waals surface area contributed by atoms with Gasteiger partial charge in [-0.15, -0.1) is 0 Å². The van der Waals surface area contributed by atoms with Crippen molar-refractivity contribution in [3.05, 3.63) is 23.2 Å². The molecule has 1 N–H and O–H groups in total. The fourth-order valence-electron chi connectivity index (χ4n) is 1.32. The Balaban J connectivity index is 2.85. The number of aliphatic hydroxyl groups is 1. The maximum atomic E-state index is 11.3. The summed E-state index contributed by atoms with van der Waals surface area (Å²) in [5, 5.41) is 9.67. The zero-order valence-electron chi connectivity index (χ0n) is 9.85. The molecule has 17 heavy (non-hydrogen) atoms. The molecule has 0 aliphatic carbocycles. The Morgan fingerprint density at radius 3 is 2.59 bits per heavy atom. The molecule has 6 heteroatoms. The summed E-state index contributed by atoms with van der Waals surface area (Å²) in [6, 6.07) is 1.36. The second kappa shape index (κ2) is 5.49. The van der Waals surface area contributed by atoms with Gasteiger partial charge < -0.3 is 19.0 Å². The van der Waals surface area contributed by atoms with Crippen molar-refractivity contribution in [2.24, 2.45) is 0 Å². The first-order chi connectivity index (χ1) is 7.99. The summed E-state index contributed by atoms with van der Waals surface area (Å²) >= 11 is 0. The molecule has 0 aliphatic rings. The largest absolute Gasteiger partial charge is 0.469 e. The van der Waals surface area contributed by atoms with Crippen molar-refractivity contribution in [1.82, 2.24) is 0 Å². The van der Waals surface area contributed by atoms with Crippen LogP contribution in [0.4, 0.5) is 0 Å². The van der Waals surface area contributed by atoms with Crippen molar-refractivity contribution in [3.8, 4) is 0 Å². The van der Waals surface area contributed by atoms with Crippen molar-refractivity contribution < 1.29 is 28.6 Å². The quantitative estimate of drug-likeness (QED) is 0.792. The lowest BCUT2D eigenvalue weighted by Crippen LogP contribution is -2.07. The Morgan fingerprint density at radius 2 is 2.06 bits per heavy atom. The van der Waals surface area contributed by atoms with Gasteiger partial charge in [0.25, 0.3) is 0 Å². The van der Waals surface area contributed by atoms with E-state index in [0.717, 1.165) is 0 Å². The molecular weight excluding hydrogens is 228 g/mol. The molecule has 0 aromatic carbocycles. The first-order valence-corrected chi connectivity index (χ1v) is 4.93. The molecule has 0 radical (unpaired) electrons. The van der Waals surface area contributed by atoms with E-state index in [1.54, 1.807) is 6.92 Å². The Kier molecular flexibility index (Phi) is 4.28. The summed E-state index contributed by atoms with van der Waals surface area (Å²) in [4.78, 5) is 22.3. The van der Waals surface area contributed by atoms with Gasteiger partial charge in [-0.25, -0.2) is 4.79 Å². The molecule has 94 valence electrons. The molecule has 0 aliphatic heterocycles. The molecule has 1 aromatic rings. The van der Waals surface area contributed by atoms with Crippen LogP contribution in [0, 0.1) is 6.92 Å². The maximum absolute atomic E-state index is 11.3. The van der Waals surface area contributed by atoms with E-state index in [1.807, 2.05) is 0 Å². The lowest BCUT2D eigenvalue weighted by molar-refractivity contribution is -0.143. The highest BCUT2D eigenvalue weighted by Gasteiger charge is 2.21. The third-order valence-electron chi connectivity index (χ3n) is 2.26. The van der Waals surface area contributed by atoms with Crippen LogP contribution < -0.4 is 0 Å². The van der Waals surface area contributed by atoms with Crippen LogP contribution in [-0.2, 0) is 14.3 Å². The number of methoxy groups -OCH3 is 2. The molecule has 6 nitrogen and oxygen atoms in total. The Labute approximate surface area is 98.1 Å². The molecule has 0 saturated carbocycles. The second-order valence-corrected chi connectivity index (χ2v) is 3.41. The minimum Gasteiger partial charge on any atom is -0.469 e. The van der Waals surface area contributed by atoms with Crippen LogP contribution in [0.25, 0.3) is 0 Å². The van der Waals surface area contributed by atoms with Crippen LogP contribution in [0.2, 0.25) is 0 Å². The first kappa shape index (κ1) is 13.2. The topological polar surface area (TPSA) is 86.0 Å². The number of rotatable bonds is 4. The summed E-state index contributed by atoms with van der Waals surface area (Å²) < 4.78 is 14.1. The number of carbonyl (C=O) groups is 2. The van der Waals surface area contributed by atoms with Gasteiger partial charge in [0.1, 0.15) is 23.2 Å². The minimum absolute atomic E-state index is 0.133. The summed E-state index contributed by atoms with van der Waals surface area (Å²) in [6.07, 6.45) is -1.37.